The second-order valence-corrected chi connectivity index (χ2v) is 4.65. The van der Waals surface area contributed by atoms with Crippen molar-refractivity contribution in [3.63, 3.8) is 0 Å². The highest BCUT2D eigenvalue weighted by Crippen LogP contribution is 2.52. The van der Waals surface area contributed by atoms with Gasteiger partial charge in [-0.05, 0) is 26.2 Å². The molecule has 0 aromatic rings. The number of aldehydes is 1. The lowest BCUT2D eigenvalue weighted by atomic mass is 9.64. The Morgan fingerprint density at radius 2 is 2.43 bits per heavy atom. The summed E-state index contributed by atoms with van der Waals surface area (Å²) in [6.07, 6.45) is 3.39. The Morgan fingerprint density at radius 3 is 2.79 bits per heavy atom. The van der Waals surface area contributed by atoms with Crippen LogP contribution in [0.15, 0.2) is 0 Å². The lowest BCUT2D eigenvalue weighted by molar-refractivity contribution is -0.142. The number of nitrogens with two attached hydrogens (primary N) is 1. The molecule has 2 aliphatic heterocycles. The summed E-state index contributed by atoms with van der Waals surface area (Å²) in [6, 6.07) is 0. The highest BCUT2D eigenvalue weighted by Gasteiger charge is 2.60. The number of aliphatic hydroxyl groups is 1. The molecule has 80 valence electrons. The van der Waals surface area contributed by atoms with Gasteiger partial charge in [0.15, 0.2) is 6.29 Å². The average molecular weight is 199 g/mol. The van der Waals surface area contributed by atoms with Crippen LogP contribution in [-0.2, 0) is 9.53 Å². The van der Waals surface area contributed by atoms with Gasteiger partial charge in [0.05, 0.1) is 12.2 Å². The van der Waals surface area contributed by atoms with Gasteiger partial charge in [0, 0.05) is 12.0 Å². The predicted octanol–water partition coefficient (Wildman–Crippen LogP) is -0.167. The maximum absolute atomic E-state index is 10.9. The minimum Gasteiger partial charge on any atom is -0.382 e. The van der Waals surface area contributed by atoms with Gasteiger partial charge in [-0.3, -0.25) is 0 Å². The minimum absolute atomic E-state index is 0.0438. The lowest BCUT2D eigenvalue weighted by Crippen LogP contribution is -2.57. The number of ether oxygens (including phenoxy) is 1. The summed E-state index contributed by atoms with van der Waals surface area (Å²) in [5, 5.41) is 10.1. The van der Waals surface area contributed by atoms with Crippen LogP contribution >= 0.6 is 0 Å². The van der Waals surface area contributed by atoms with Gasteiger partial charge in [0.25, 0.3) is 0 Å². The van der Waals surface area contributed by atoms with Crippen LogP contribution in [0.3, 0.4) is 0 Å². The molecular weight excluding hydrogens is 182 g/mol. The standard InChI is InChI=1S/C10H17NO3/c1-9(13,6-12)10(5-11)4-7-2-3-8(10)14-7/h6-8,13H,2-5,11H2,1H3. The van der Waals surface area contributed by atoms with Crippen molar-refractivity contribution in [2.75, 3.05) is 6.54 Å². The summed E-state index contributed by atoms with van der Waals surface area (Å²) in [5.41, 5.74) is 3.80. The van der Waals surface area contributed by atoms with Crippen molar-refractivity contribution < 1.29 is 14.6 Å². The maximum atomic E-state index is 10.9. The van der Waals surface area contributed by atoms with E-state index in [0.29, 0.717) is 19.3 Å². The van der Waals surface area contributed by atoms with Crippen LogP contribution in [0.1, 0.15) is 26.2 Å². The van der Waals surface area contributed by atoms with E-state index in [1.807, 2.05) is 0 Å². The number of rotatable bonds is 3. The van der Waals surface area contributed by atoms with Crippen molar-refractivity contribution in [1.82, 2.24) is 0 Å². The highest BCUT2D eigenvalue weighted by molar-refractivity contribution is 5.64. The van der Waals surface area contributed by atoms with E-state index in [-0.39, 0.29) is 12.2 Å². The van der Waals surface area contributed by atoms with Crippen LogP contribution in [0.5, 0.6) is 0 Å². The van der Waals surface area contributed by atoms with E-state index in [4.69, 9.17) is 10.5 Å². The van der Waals surface area contributed by atoms with Crippen molar-refractivity contribution >= 4 is 6.29 Å². The van der Waals surface area contributed by atoms with Gasteiger partial charge < -0.3 is 20.4 Å². The van der Waals surface area contributed by atoms with Crippen molar-refractivity contribution in [1.29, 1.82) is 0 Å². The first-order valence-electron chi connectivity index (χ1n) is 5.10. The number of hydrogen-bond acceptors (Lipinski definition) is 4. The molecule has 0 aromatic heterocycles. The number of fused-ring (bicyclic) bond motifs is 2. The molecule has 0 amide bonds. The zero-order valence-corrected chi connectivity index (χ0v) is 8.40. The Morgan fingerprint density at radius 1 is 1.71 bits per heavy atom. The van der Waals surface area contributed by atoms with Gasteiger partial charge >= 0.3 is 0 Å². The Labute approximate surface area is 83.4 Å². The van der Waals surface area contributed by atoms with Gasteiger partial charge in [-0.25, -0.2) is 0 Å². The Hall–Kier alpha value is -0.450. The molecular formula is C10H17NO3. The van der Waals surface area contributed by atoms with Gasteiger partial charge in [-0.1, -0.05) is 0 Å². The molecule has 4 nitrogen and oxygen atoms in total. The minimum atomic E-state index is -1.36. The molecule has 0 aromatic carbocycles. The van der Waals surface area contributed by atoms with Crippen LogP contribution in [0.2, 0.25) is 0 Å². The fourth-order valence-corrected chi connectivity index (χ4v) is 2.87. The normalized spacial score (nSPS) is 45.1. The molecule has 14 heavy (non-hydrogen) atoms. The molecule has 0 spiro atoms. The fraction of sp³-hybridized carbons (Fsp3) is 0.900. The molecule has 2 rings (SSSR count). The second-order valence-electron chi connectivity index (χ2n) is 4.65. The first-order valence-corrected chi connectivity index (χ1v) is 5.10. The van der Waals surface area contributed by atoms with Crippen LogP contribution in [-0.4, -0.2) is 35.7 Å². The fourth-order valence-electron chi connectivity index (χ4n) is 2.87. The molecule has 2 saturated heterocycles. The molecule has 0 radical (unpaired) electrons. The predicted molar refractivity (Wildman–Crippen MR) is 50.7 cm³/mol. The van der Waals surface area contributed by atoms with E-state index in [2.05, 4.69) is 0 Å². The van der Waals surface area contributed by atoms with Gasteiger partial charge in [0.1, 0.15) is 5.60 Å². The van der Waals surface area contributed by atoms with E-state index in [1.165, 1.54) is 6.92 Å². The van der Waals surface area contributed by atoms with Crippen molar-refractivity contribution in [3.8, 4) is 0 Å². The lowest BCUT2D eigenvalue weighted by Gasteiger charge is -2.42. The molecule has 4 heteroatoms. The SMILES string of the molecule is CC(O)(C=O)C1(CN)CC2CCC1O2. The Kier molecular flexibility index (Phi) is 2.17. The smallest absolute Gasteiger partial charge is 0.151 e. The van der Waals surface area contributed by atoms with Crippen LogP contribution < -0.4 is 5.73 Å². The quantitative estimate of drug-likeness (QED) is 0.619. The van der Waals surface area contributed by atoms with Crippen LogP contribution in [0, 0.1) is 5.41 Å². The summed E-state index contributed by atoms with van der Waals surface area (Å²) < 4.78 is 5.67. The summed E-state index contributed by atoms with van der Waals surface area (Å²) in [6.45, 7) is 1.84. The van der Waals surface area contributed by atoms with E-state index >= 15 is 0 Å². The van der Waals surface area contributed by atoms with Crippen LogP contribution in [0.25, 0.3) is 0 Å². The number of hydrogen-bond donors (Lipinski definition) is 2. The molecule has 4 unspecified atom stereocenters. The van der Waals surface area contributed by atoms with Crippen molar-refractivity contribution in [2.24, 2.45) is 11.1 Å². The van der Waals surface area contributed by atoms with Gasteiger partial charge in [-0.2, -0.15) is 0 Å². The molecule has 2 fully saturated rings. The van der Waals surface area contributed by atoms with E-state index < -0.39 is 11.0 Å². The molecule has 3 N–H and O–H groups in total. The third-order valence-electron chi connectivity index (χ3n) is 3.92. The van der Waals surface area contributed by atoms with Gasteiger partial charge in [0.2, 0.25) is 0 Å². The topological polar surface area (TPSA) is 72.5 Å². The largest absolute Gasteiger partial charge is 0.382 e. The summed E-state index contributed by atoms with van der Waals surface area (Å²) >= 11 is 0. The van der Waals surface area contributed by atoms with E-state index in [9.17, 15) is 9.90 Å². The van der Waals surface area contributed by atoms with Crippen LogP contribution in [0.4, 0.5) is 0 Å². The Bertz CT molecular complexity index is 254. The van der Waals surface area contributed by atoms with Gasteiger partial charge in [-0.15, -0.1) is 0 Å². The van der Waals surface area contributed by atoms with E-state index in [0.717, 1.165) is 12.8 Å². The first kappa shape index (κ1) is 10.1. The summed E-state index contributed by atoms with van der Waals surface area (Å²) in [4.78, 5) is 10.9. The molecule has 2 aliphatic rings. The monoisotopic (exact) mass is 199 g/mol. The second kappa shape index (κ2) is 3.02. The number of carbonyl (C=O) groups is 1. The van der Waals surface area contributed by atoms with E-state index in [1.54, 1.807) is 0 Å². The molecule has 2 bridgehead atoms. The summed E-state index contributed by atoms with van der Waals surface area (Å²) in [7, 11) is 0. The molecule has 0 aliphatic carbocycles. The zero-order valence-electron chi connectivity index (χ0n) is 8.40. The first-order chi connectivity index (χ1) is 6.55. The molecule has 4 atom stereocenters. The van der Waals surface area contributed by atoms with Crippen molar-refractivity contribution in [3.05, 3.63) is 0 Å². The third-order valence-corrected chi connectivity index (χ3v) is 3.92. The third kappa shape index (κ3) is 1.08. The zero-order chi connectivity index (χ0) is 10.4. The molecule has 0 saturated carbocycles. The highest BCUT2D eigenvalue weighted by atomic mass is 16.5. The Balaban J connectivity index is 2.31. The van der Waals surface area contributed by atoms with Crippen molar-refractivity contribution in [2.45, 2.75) is 44.0 Å². The number of carbonyl (C=O) groups excluding carboxylic acids is 1. The molecule has 2 heterocycles. The maximum Gasteiger partial charge on any atom is 0.151 e. The summed E-state index contributed by atoms with van der Waals surface area (Å²) in [5.74, 6) is 0. The average Bonchev–Trinajstić information content (AvgIpc) is 2.77.